The molecule has 0 aliphatic heterocycles. The predicted molar refractivity (Wildman–Crippen MR) is 114 cm³/mol. The molecule has 0 spiro atoms. The average Bonchev–Trinajstić information content (AvgIpc) is 2.74. The maximum Gasteiger partial charge on any atom is 0.251 e. The number of methoxy groups -OCH3 is 2. The summed E-state index contributed by atoms with van der Waals surface area (Å²) in [6, 6.07) is 12.4. The van der Waals surface area contributed by atoms with Crippen LogP contribution in [-0.2, 0) is 11.2 Å². The van der Waals surface area contributed by atoms with Gasteiger partial charge in [-0.3, -0.25) is 9.59 Å². The molecule has 0 unspecified atom stereocenters. The molecule has 29 heavy (non-hydrogen) atoms. The first-order chi connectivity index (χ1) is 13.9. The SMILES string of the molecule is COc1ccc(CCN(C)C(=O)CCCNC(=O)c2ccc(Cl)cc2)cc1OC. The first kappa shape index (κ1) is 22.6. The van der Waals surface area contributed by atoms with E-state index in [1.54, 1.807) is 50.4 Å². The van der Waals surface area contributed by atoms with Crippen molar-refractivity contribution >= 4 is 23.4 Å². The summed E-state index contributed by atoms with van der Waals surface area (Å²) in [4.78, 5) is 26.0. The van der Waals surface area contributed by atoms with Gasteiger partial charge in [-0.15, -0.1) is 0 Å². The van der Waals surface area contributed by atoms with Crippen molar-refractivity contribution in [2.45, 2.75) is 19.3 Å². The van der Waals surface area contributed by atoms with Crippen LogP contribution in [0.25, 0.3) is 0 Å². The smallest absolute Gasteiger partial charge is 0.251 e. The van der Waals surface area contributed by atoms with E-state index in [1.165, 1.54) is 0 Å². The van der Waals surface area contributed by atoms with Crippen LogP contribution in [0.1, 0.15) is 28.8 Å². The number of hydrogen-bond acceptors (Lipinski definition) is 4. The van der Waals surface area contributed by atoms with Gasteiger partial charge in [0.15, 0.2) is 11.5 Å². The normalized spacial score (nSPS) is 10.3. The Hall–Kier alpha value is -2.73. The summed E-state index contributed by atoms with van der Waals surface area (Å²) in [5.74, 6) is 1.24. The molecule has 7 heteroatoms. The molecular weight excluding hydrogens is 392 g/mol. The predicted octanol–water partition coefficient (Wildman–Crippen LogP) is 3.57. The minimum absolute atomic E-state index is 0.0474. The van der Waals surface area contributed by atoms with E-state index in [2.05, 4.69) is 5.32 Å². The van der Waals surface area contributed by atoms with Crippen LogP contribution >= 0.6 is 11.6 Å². The lowest BCUT2D eigenvalue weighted by Crippen LogP contribution is -2.30. The fraction of sp³-hybridized carbons (Fsp3) is 0.364. The third-order valence-electron chi connectivity index (χ3n) is 4.57. The number of likely N-dealkylation sites (N-methyl/N-ethyl adjacent to an activating group) is 1. The fourth-order valence-corrected chi connectivity index (χ4v) is 2.92. The van der Waals surface area contributed by atoms with Gasteiger partial charge in [-0.2, -0.15) is 0 Å². The highest BCUT2D eigenvalue weighted by Gasteiger charge is 2.11. The first-order valence-electron chi connectivity index (χ1n) is 9.43. The number of hydrogen-bond donors (Lipinski definition) is 1. The van der Waals surface area contributed by atoms with Crippen LogP contribution in [0, 0.1) is 0 Å². The molecule has 0 atom stereocenters. The molecule has 2 aromatic carbocycles. The molecule has 6 nitrogen and oxygen atoms in total. The van der Waals surface area contributed by atoms with E-state index in [4.69, 9.17) is 21.1 Å². The second-order valence-corrected chi connectivity index (χ2v) is 7.06. The molecule has 2 amide bonds. The van der Waals surface area contributed by atoms with Crippen molar-refractivity contribution in [1.29, 1.82) is 0 Å². The van der Waals surface area contributed by atoms with Crippen LogP contribution in [0.4, 0.5) is 0 Å². The van der Waals surface area contributed by atoms with Gasteiger partial charge in [0.25, 0.3) is 5.91 Å². The standard InChI is InChI=1S/C22H27ClN2O4/c1-25(14-12-16-6-11-19(28-2)20(15-16)29-3)21(26)5-4-13-24-22(27)17-7-9-18(23)10-8-17/h6-11,15H,4-5,12-14H2,1-3H3,(H,24,27). The zero-order chi connectivity index (χ0) is 21.2. The van der Waals surface area contributed by atoms with Crippen molar-refractivity contribution in [2.24, 2.45) is 0 Å². The van der Waals surface area contributed by atoms with Gasteiger partial charge < -0.3 is 19.7 Å². The van der Waals surface area contributed by atoms with E-state index in [0.717, 1.165) is 12.0 Å². The number of amides is 2. The number of nitrogens with zero attached hydrogens (tertiary/aromatic N) is 1. The largest absolute Gasteiger partial charge is 0.493 e. The van der Waals surface area contributed by atoms with Crippen LogP contribution in [0.5, 0.6) is 11.5 Å². The summed E-state index contributed by atoms with van der Waals surface area (Å²) in [6.07, 6.45) is 1.68. The number of carbonyl (C=O) groups excluding carboxylic acids is 2. The summed E-state index contributed by atoms with van der Waals surface area (Å²) in [5.41, 5.74) is 1.62. The van der Waals surface area contributed by atoms with Gasteiger partial charge in [0.05, 0.1) is 14.2 Å². The topological polar surface area (TPSA) is 67.9 Å². The quantitative estimate of drug-likeness (QED) is 0.599. The minimum Gasteiger partial charge on any atom is -0.493 e. The molecule has 2 rings (SSSR count). The third kappa shape index (κ3) is 6.98. The van der Waals surface area contributed by atoms with Gasteiger partial charge in [-0.25, -0.2) is 0 Å². The van der Waals surface area contributed by atoms with Crippen LogP contribution in [0.3, 0.4) is 0 Å². The third-order valence-corrected chi connectivity index (χ3v) is 4.82. The molecule has 0 bridgehead atoms. The zero-order valence-corrected chi connectivity index (χ0v) is 17.8. The molecular formula is C22H27ClN2O4. The molecule has 0 fully saturated rings. The van der Waals surface area contributed by atoms with E-state index in [0.29, 0.717) is 48.0 Å². The molecule has 0 aromatic heterocycles. The lowest BCUT2D eigenvalue weighted by molar-refractivity contribution is -0.129. The number of rotatable bonds is 10. The molecule has 0 saturated carbocycles. The Labute approximate surface area is 176 Å². The number of halogens is 1. The molecule has 0 radical (unpaired) electrons. The monoisotopic (exact) mass is 418 g/mol. The molecule has 0 aliphatic rings. The van der Waals surface area contributed by atoms with E-state index in [-0.39, 0.29) is 11.8 Å². The van der Waals surface area contributed by atoms with Gasteiger partial charge in [0.2, 0.25) is 5.91 Å². The Morgan fingerprint density at radius 3 is 2.38 bits per heavy atom. The van der Waals surface area contributed by atoms with Crippen LogP contribution in [-0.4, -0.2) is 51.1 Å². The van der Waals surface area contributed by atoms with E-state index in [1.807, 2.05) is 18.2 Å². The van der Waals surface area contributed by atoms with Crippen molar-refractivity contribution in [3.05, 3.63) is 58.6 Å². The van der Waals surface area contributed by atoms with Crippen LogP contribution < -0.4 is 14.8 Å². The lowest BCUT2D eigenvalue weighted by Gasteiger charge is -2.18. The number of ether oxygens (including phenoxy) is 2. The van der Waals surface area contributed by atoms with Gasteiger partial charge in [0.1, 0.15) is 0 Å². The van der Waals surface area contributed by atoms with Gasteiger partial charge >= 0.3 is 0 Å². The molecule has 0 saturated heterocycles. The van der Waals surface area contributed by atoms with Crippen molar-refractivity contribution in [3.63, 3.8) is 0 Å². The summed E-state index contributed by atoms with van der Waals surface area (Å²) in [5, 5.41) is 3.40. The average molecular weight is 419 g/mol. The Morgan fingerprint density at radius 2 is 1.72 bits per heavy atom. The van der Waals surface area contributed by atoms with Crippen molar-refractivity contribution < 1.29 is 19.1 Å². The molecule has 0 aliphatic carbocycles. The van der Waals surface area contributed by atoms with Crippen molar-refractivity contribution in [1.82, 2.24) is 10.2 Å². The fourth-order valence-electron chi connectivity index (χ4n) is 2.79. The molecule has 1 N–H and O–H groups in total. The summed E-state index contributed by atoms with van der Waals surface area (Å²) in [6.45, 7) is 1.04. The number of benzene rings is 2. The highest BCUT2D eigenvalue weighted by molar-refractivity contribution is 6.30. The molecule has 0 heterocycles. The second kappa shape index (κ2) is 11.3. The van der Waals surface area contributed by atoms with E-state index >= 15 is 0 Å². The Balaban J connectivity index is 1.71. The van der Waals surface area contributed by atoms with E-state index < -0.39 is 0 Å². The Morgan fingerprint density at radius 1 is 1.03 bits per heavy atom. The first-order valence-corrected chi connectivity index (χ1v) is 9.81. The minimum atomic E-state index is -0.170. The maximum absolute atomic E-state index is 12.3. The number of carbonyl (C=O) groups is 2. The van der Waals surface area contributed by atoms with Crippen LogP contribution in [0.15, 0.2) is 42.5 Å². The van der Waals surface area contributed by atoms with Crippen molar-refractivity contribution in [2.75, 3.05) is 34.4 Å². The molecule has 156 valence electrons. The molecule has 2 aromatic rings. The Bertz CT molecular complexity index is 824. The van der Waals surface area contributed by atoms with Crippen LogP contribution in [0.2, 0.25) is 5.02 Å². The van der Waals surface area contributed by atoms with Crippen molar-refractivity contribution in [3.8, 4) is 11.5 Å². The van der Waals surface area contributed by atoms with Gasteiger partial charge in [0, 0.05) is 37.1 Å². The Kier molecular flexibility index (Phi) is 8.80. The van der Waals surface area contributed by atoms with Gasteiger partial charge in [-0.05, 0) is 54.8 Å². The highest BCUT2D eigenvalue weighted by Crippen LogP contribution is 2.27. The summed E-state index contributed by atoms with van der Waals surface area (Å²) in [7, 11) is 4.99. The summed E-state index contributed by atoms with van der Waals surface area (Å²) < 4.78 is 10.5. The van der Waals surface area contributed by atoms with Gasteiger partial charge in [-0.1, -0.05) is 17.7 Å². The zero-order valence-electron chi connectivity index (χ0n) is 17.0. The lowest BCUT2D eigenvalue weighted by atomic mass is 10.1. The van der Waals surface area contributed by atoms with E-state index in [9.17, 15) is 9.59 Å². The number of nitrogens with one attached hydrogen (secondary N) is 1. The summed E-state index contributed by atoms with van der Waals surface area (Å²) >= 11 is 5.82. The highest BCUT2D eigenvalue weighted by atomic mass is 35.5. The second-order valence-electron chi connectivity index (χ2n) is 6.62. The maximum atomic E-state index is 12.3.